The van der Waals surface area contributed by atoms with E-state index in [-0.39, 0.29) is 11.3 Å². The third kappa shape index (κ3) is 4.51. The lowest BCUT2D eigenvalue weighted by Crippen LogP contribution is -2.30. The number of nitrogens with zero attached hydrogens (tertiary/aromatic N) is 1. The third-order valence-corrected chi connectivity index (χ3v) is 6.11. The molecule has 2 aromatic carbocycles. The second-order valence-electron chi connectivity index (χ2n) is 8.03. The minimum Gasteiger partial charge on any atom is -0.507 e. The summed E-state index contributed by atoms with van der Waals surface area (Å²) in [6.45, 7) is 6.84. The second-order valence-corrected chi connectivity index (χ2v) is 8.94. The van der Waals surface area contributed by atoms with Crippen molar-refractivity contribution in [3.8, 4) is 0 Å². The van der Waals surface area contributed by atoms with E-state index in [4.69, 9.17) is 0 Å². The van der Waals surface area contributed by atoms with Crippen LogP contribution in [0.25, 0.3) is 5.76 Å². The Morgan fingerprint density at radius 3 is 2.23 bits per heavy atom. The highest BCUT2D eigenvalue weighted by Gasteiger charge is 2.45. The number of carbonyl (C=O) groups excluding carboxylic acids is 2. The number of ketones is 1. The average molecular weight is 470 g/mol. The van der Waals surface area contributed by atoms with Crippen LogP contribution in [-0.2, 0) is 9.59 Å². The molecule has 158 valence electrons. The molecule has 1 N–H and O–H groups in total. The molecule has 1 aliphatic heterocycles. The summed E-state index contributed by atoms with van der Waals surface area (Å²) in [5, 5.41) is 11.0. The standard InChI is InChI=1S/C25H28BrNO3/c1-4-5-6-15-27-22(18-9-7-17(8-10-18)16(2)3)21(24(29)25(27)30)23(28)19-11-13-20(26)14-12-19/h7-14,16,22,28H,4-6,15H2,1-3H3/b23-21-. The Hall–Kier alpha value is -2.40. The van der Waals surface area contributed by atoms with E-state index in [9.17, 15) is 14.7 Å². The molecule has 2 aromatic rings. The van der Waals surface area contributed by atoms with Gasteiger partial charge in [-0.1, -0.05) is 85.9 Å². The summed E-state index contributed by atoms with van der Waals surface area (Å²) in [6.07, 6.45) is 2.83. The lowest BCUT2D eigenvalue weighted by molar-refractivity contribution is -0.139. The maximum atomic E-state index is 13.0. The molecule has 1 fully saturated rings. The zero-order valence-corrected chi connectivity index (χ0v) is 19.3. The number of aliphatic hydroxyl groups is 1. The summed E-state index contributed by atoms with van der Waals surface area (Å²) in [6, 6.07) is 14.5. The van der Waals surface area contributed by atoms with Gasteiger partial charge < -0.3 is 10.0 Å². The van der Waals surface area contributed by atoms with Crippen molar-refractivity contribution in [3.63, 3.8) is 0 Å². The van der Waals surface area contributed by atoms with Crippen LogP contribution in [0.5, 0.6) is 0 Å². The van der Waals surface area contributed by atoms with Gasteiger partial charge >= 0.3 is 0 Å². The molecule has 0 aromatic heterocycles. The molecule has 1 aliphatic rings. The van der Waals surface area contributed by atoms with Crippen molar-refractivity contribution in [2.75, 3.05) is 6.54 Å². The van der Waals surface area contributed by atoms with Gasteiger partial charge in [0.05, 0.1) is 11.6 Å². The van der Waals surface area contributed by atoms with Gasteiger partial charge in [-0.05, 0) is 35.6 Å². The van der Waals surface area contributed by atoms with Crippen LogP contribution in [0, 0.1) is 0 Å². The second kappa shape index (κ2) is 9.61. The fourth-order valence-electron chi connectivity index (χ4n) is 3.82. The summed E-state index contributed by atoms with van der Waals surface area (Å²) in [4.78, 5) is 27.5. The van der Waals surface area contributed by atoms with Crippen LogP contribution < -0.4 is 0 Å². The number of benzene rings is 2. The maximum absolute atomic E-state index is 13.0. The van der Waals surface area contributed by atoms with Crippen molar-refractivity contribution in [2.45, 2.75) is 52.0 Å². The van der Waals surface area contributed by atoms with E-state index < -0.39 is 17.7 Å². The fraction of sp³-hybridized carbons (Fsp3) is 0.360. The highest BCUT2D eigenvalue weighted by Crippen LogP contribution is 2.40. The number of hydrogen-bond donors (Lipinski definition) is 1. The molecule has 5 heteroatoms. The number of Topliss-reactive ketones (excluding diaryl/α,β-unsaturated/α-hetero) is 1. The van der Waals surface area contributed by atoms with Gasteiger partial charge in [-0.2, -0.15) is 0 Å². The normalized spacial score (nSPS) is 18.4. The van der Waals surface area contributed by atoms with Gasteiger partial charge in [0.15, 0.2) is 0 Å². The number of aliphatic hydroxyl groups excluding tert-OH is 1. The van der Waals surface area contributed by atoms with Crippen LogP contribution in [0.15, 0.2) is 58.6 Å². The molecular formula is C25H28BrNO3. The van der Waals surface area contributed by atoms with E-state index in [1.54, 1.807) is 29.2 Å². The molecule has 30 heavy (non-hydrogen) atoms. The Morgan fingerprint density at radius 2 is 1.67 bits per heavy atom. The van der Waals surface area contributed by atoms with Crippen LogP contribution in [0.4, 0.5) is 0 Å². The molecule has 3 rings (SSSR count). The van der Waals surface area contributed by atoms with E-state index in [2.05, 4.69) is 36.7 Å². The Bertz CT molecular complexity index is 945. The van der Waals surface area contributed by atoms with Gasteiger partial charge in [0.2, 0.25) is 0 Å². The molecule has 0 radical (unpaired) electrons. The third-order valence-electron chi connectivity index (χ3n) is 5.58. The Kier molecular flexibility index (Phi) is 7.14. The zero-order valence-electron chi connectivity index (χ0n) is 17.7. The van der Waals surface area contributed by atoms with Gasteiger partial charge in [-0.3, -0.25) is 9.59 Å². The molecule has 1 amide bonds. The van der Waals surface area contributed by atoms with E-state index in [0.29, 0.717) is 18.0 Å². The SMILES string of the molecule is CCCCCN1C(=O)C(=O)/C(=C(\O)c2ccc(Br)cc2)C1c1ccc(C(C)C)cc1. The largest absolute Gasteiger partial charge is 0.507 e. The monoisotopic (exact) mass is 469 g/mol. The fourth-order valence-corrected chi connectivity index (χ4v) is 4.08. The van der Waals surface area contributed by atoms with E-state index in [1.165, 1.54) is 5.56 Å². The van der Waals surface area contributed by atoms with Crippen molar-refractivity contribution in [1.82, 2.24) is 4.90 Å². The predicted octanol–water partition coefficient (Wildman–Crippen LogP) is 6.18. The van der Waals surface area contributed by atoms with Crippen LogP contribution in [0.2, 0.25) is 0 Å². The first-order chi connectivity index (χ1) is 14.3. The minimum absolute atomic E-state index is 0.128. The van der Waals surface area contributed by atoms with Crippen molar-refractivity contribution < 1.29 is 14.7 Å². The Labute approximate surface area is 186 Å². The van der Waals surface area contributed by atoms with Gasteiger partial charge in [-0.25, -0.2) is 0 Å². The van der Waals surface area contributed by atoms with Crippen molar-refractivity contribution in [1.29, 1.82) is 0 Å². The number of unbranched alkanes of at least 4 members (excludes halogenated alkanes) is 2. The number of hydrogen-bond acceptors (Lipinski definition) is 3. The number of halogens is 1. The summed E-state index contributed by atoms with van der Waals surface area (Å²) in [5.74, 6) is -0.901. The van der Waals surface area contributed by atoms with Gasteiger partial charge in [0, 0.05) is 16.6 Å². The van der Waals surface area contributed by atoms with E-state index in [0.717, 1.165) is 29.3 Å². The number of amides is 1. The quantitative estimate of drug-likeness (QED) is 0.227. The topological polar surface area (TPSA) is 57.6 Å². The highest BCUT2D eigenvalue weighted by molar-refractivity contribution is 9.10. The molecule has 0 saturated carbocycles. The van der Waals surface area contributed by atoms with Crippen molar-refractivity contribution in [3.05, 3.63) is 75.3 Å². The number of carbonyl (C=O) groups is 2. The summed E-state index contributed by atoms with van der Waals surface area (Å²) in [7, 11) is 0. The maximum Gasteiger partial charge on any atom is 0.295 e. The average Bonchev–Trinajstić information content (AvgIpc) is 2.99. The van der Waals surface area contributed by atoms with Crippen LogP contribution in [-0.4, -0.2) is 28.2 Å². The van der Waals surface area contributed by atoms with Gasteiger partial charge in [-0.15, -0.1) is 0 Å². The first-order valence-electron chi connectivity index (χ1n) is 10.5. The zero-order chi connectivity index (χ0) is 21.8. The van der Waals surface area contributed by atoms with Crippen LogP contribution in [0.1, 0.15) is 68.7 Å². The molecular weight excluding hydrogens is 442 g/mol. The minimum atomic E-state index is -0.621. The molecule has 0 aliphatic carbocycles. The van der Waals surface area contributed by atoms with Crippen LogP contribution in [0.3, 0.4) is 0 Å². The summed E-state index contributed by atoms with van der Waals surface area (Å²) >= 11 is 3.38. The molecule has 0 spiro atoms. The predicted molar refractivity (Wildman–Crippen MR) is 123 cm³/mol. The molecule has 4 nitrogen and oxygen atoms in total. The Morgan fingerprint density at radius 1 is 1.03 bits per heavy atom. The Balaban J connectivity index is 2.10. The lowest BCUT2D eigenvalue weighted by atomic mass is 9.93. The molecule has 1 heterocycles. The molecule has 1 atom stereocenters. The number of likely N-dealkylation sites (tertiary alicyclic amines) is 1. The molecule has 1 unspecified atom stereocenters. The van der Waals surface area contributed by atoms with Gasteiger partial charge in [0.25, 0.3) is 11.7 Å². The molecule has 0 bridgehead atoms. The molecule has 1 saturated heterocycles. The van der Waals surface area contributed by atoms with E-state index >= 15 is 0 Å². The lowest BCUT2D eigenvalue weighted by Gasteiger charge is -2.25. The van der Waals surface area contributed by atoms with E-state index in [1.807, 2.05) is 24.3 Å². The smallest absolute Gasteiger partial charge is 0.295 e. The summed E-state index contributed by atoms with van der Waals surface area (Å²) < 4.78 is 0.875. The first kappa shape index (κ1) is 22.3. The summed E-state index contributed by atoms with van der Waals surface area (Å²) in [5.41, 5.74) is 2.72. The first-order valence-corrected chi connectivity index (χ1v) is 11.3. The number of rotatable bonds is 7. The van der Waals surface area contributed by atoms with Gasteiger partial charge in [0.1, 0.15) is 5.76 Å². The highest BCUT2D eigenvalue weighted by atomic mass is 79.9. The van der Waals surface area contributed by atoms with Crippen molar-refractivity contribution >= 4 is 33.4 Å². The van der Waals surface area contributed by atoms with Crippen LogP contribution >= 0.6 is 15.9 Å². The van der Waals surface area contributed by atoms with Crippen molar-refractivity contribution in [2.24, 2.45) is 0 Å².